The maximum atomic E-state index is 11.8. The van der Waals surface area contributed by atoms with Crippen LogP contribution in [0.1, 0.15) is 18.1 Å². The van der Waals surface area contributed by atoms with E-state index >= 15 is 0 Å². The summed E-state index contributed by atoms with van der Waals surface area (Å²) in [5.41, 5.74) is 7.89. The van der Waals surface area contributed by atoms with E-state index in [1.807, 2.05) is 24.8 Å². The molecule has 5 heteroatoms. The maximum absolute atomic E-state index is 11.8. The van der Waals surface area contributed by atoms with E-state index in [9.17, 15) is 4.79 Å². The van der Waals surface area contributed by atoms with Gasteiger partial charge in [-0.25, -0.2) is 4.98 Å². The number of nitrogens with zero attached hydrogens (tertiary/aromatic N) is 3. The number of amides is 1. The molecule has 0 fully saturated rings. The third-order valence-corrected chi connectivity index (χ3v) is 2.98. The van der Waals surface area contributed by atoms with Crippen LogP contribution in [-0.2, 0) is 11.3 Å². The second-order valence-electron chi connectivity index (χ2n) is 4.44. The fourth-order valence-electron chi connectivity index (χ4n) is 1.74. The molecule has 0 unspecified atom stereocenters. The number of pyridine rings is 1. The van der Waals surface area contributed by atoms with E-state index in [-0.39, 0.29) is 5.91 Å². The summed E-state index contributed by atoms with van der Waals surface area (Å²) < 4.78 is 0. The van der Waals surface area contributed by atoms with E-state index in [1.54, 1.807) is 25.2 Å². The standard InChI is InChI=1S/C13H22N4O/c1-5-17(9-12(18)16(3)4)13-11(8-14)10(2)6-7-15-13/h6-7H,5,8-9,14H2,1-4H3. The summed E-state index contributed by atoms with van der Waals surface area (Å²) in [5.74, 6) is 0.873. The first kappa shape index (κ1) is 14.4. The lowest BCUT2D eigenvalue weighted by Crippen LogP contribution is -2.37. The largest absolute Gasteiger partial charge is 0.347 e. The van der Waals surface area contributed by atoms with E-state index < -0.39 is 0 Å². The number of carbonyl (C=O) groups excluding carboxylic acids is 1. The molecule has 0 saturated heterocycles. The highest BCUT2D eigenvalue weighted by atomic mass is 16.2. The molecule has 1 heterocycles. The smallest absolute Gasteiger partial charge is 0.241 e. The molecule has 1 aromatic rings. The highest BCUT2D eigenvalue weighted by Gasteiger charge is 2.16. The molecule has 2 N–H and O–H groups in total. The highest BCUT2D eigenvalue weighted by Crippen LogP contribution is 2.20. The molecule has 0 radical (unpaired) electrons. The predicted molar refractivity (Wildman–Crippen MR) is 73.4 cm³/mol. The molecule has 0 aliphatic carbocycles. The lowest BCUT2D eigenvalue weighted by Gasteiger charge is -2.25. The third-order valence-electron chi connectivity index (χ3n) is 2.98. The zero-order chi connectivity index (χ0) is 13.7. The fourth-order valence-corrected chi connectivity index (χ4v) is 1.74. The first-order valence-electron chi connectivity index (χ1n) is 6.10. The number of hydrogen-bond acceptors (Lipinski definition) is 4. The number of hydrogen-bond donors (Lipinski definition) is 1. The molecule has 0 aromatic carbocycles. The van der Waals surface area contributed by atoms with Gasteiger partial charge in [-0.3, -0.25) is 4.79 Å². The van der Waals surface area contributed by atoms with Crippen molar-refractivity contribution in [3.05, 3.63) is 23.4 Å². The number of aromatic nitrogens is 1. The van der Waals surface area contributed by atoms with Gasteiger partial charge in [-0.1, -0.05) is 0 Å². The summed E-state index contributed by atoms with van der Waals surface area (Å²) in [4.78, 5) is 19.7. The average molecular weight is 250 g/mol. The number of rotatable bonds is 5. The van der Waals surface area contributed by atoms with Crippen LogP contribution < -0.4 is 10.6 Å². The van der Waals surface area contributed by atoms with Crippen LogP contribution in [0.15, 0.2) is 12.3 Å². The van der Waals surface area contributed by atoms with Crippen LogP contribution in [0.5, 0.6) is 0 Å². The van der Waals surface area contributed by atoms with Crippen LogP contribution in [-0.4, -0.2) is 43.0 Å². The van der Waals surface area contributed by atoms with Crippen LogP contribution in [0.3, 0.4) is 0 Å². The van der Waals surface area contributed by atoms with Gasteiger partial charge >= 0.3 is 0 Å². The molecule has 0 saturated carbocycles. The Morgan fingerprint density at radius 1 is 1.44 bits per heavy atom. The first-order valence-corrected chi connectivity index (χ1v) is 6.10. The number of likely N-dealkylation sites (N-methyl/N-ethyl adjacent to an activating group) is 2. The Morgan fingerprint density at radius 3 is 2.61 bits per heavy atom. The Hall–Kier alpha value is -1.62. The Labute approximate surface area is 109 Å². The molecule has 0 aliphatic heterocycles. The van der Waals surface area contributed by atoms with Crippen molar-refractivity contribution in [2.24, 2.45) is 5.73 Å². The topological polar surface area (TPSA) is 62.5 Å². The molecule has 0 spiro atoms. The van der Waals surface area contributed by atoms with Crippen LogP contribution in [0.4, 0.5) is 5.82 Å². The van der Waals surface area contributed by atoms with E-state index in [2.05, 4.69) is 4.98 Å². The molecule has 1 amide bonds. The van der Waals surface area contributed by atoms with Gasteiger partial charge in [0.25, 0.3) is 0 Å². The maximum Gasteiger partial charge on any atom is 0.241 e. The number of aryl methyl sites for hydroxylation is 1. The summed E-state index contributed by atoms with van der Waals surface area (Å²) in [7, 11) is 3.51. The Bertz CT molecular complexity index is 417. The molecular weight excluding hydrogens is 228 g/mol. The summed E-state index contributed by atoms with van der Waals surface area (Å²) in [6.45, 7) is 5.50. The van der Waals surface area contributed by atoms with E-state index in [0.717, 1.165) is 23.5 Å². The Morgan fingerprint density at radius 2 is 2.11 bits per heavy atom. The van der Waals surface area contributed by atoms with Crippen molar-refractivity contribution in [1.82, 2.24) is 9.88 Å². The summed E-state index contributed by atoms with van der Waals surface area (Å²) in [6.07, 6.45) is 1.76. The van der Waals surface area contributed by atoms with Crippen LogP contribution in [0.2, 0.25) is 0 Å². The van der Waals surface area contributed by atoms with Gasteiger partial charge < -0.3 is 15.5 Å². The molecule has 0 bridgehead atoms. The summed E-state index contributed by atoms with van der Waals surface area (Å²) >= 11 is 0. The normalized spacial score (nSPS) is 10.3. The average Bonchev–Trinajstić information content (AvgIpc) is 2.35. The van der Waals surface area contributed by atoms with Crippen LogP contribution in [0, 0.1) is 6.92 Å². The SMILES string of the molecule is CCN(CC(=O)N(C)C)c1nccc(C)c1CN. The van der Waals surface area contributed by atoms with Gasteiger partial charge in [0.15, 0.2) is 0 Å². The van der Waals surface area contributed by atoms with Gasteiger partial charge in [-0.15, -0.1) is 0 Å². The van der Waals surface area contributed by atoms with E-state index in [1.165, 1.54) is 0 Å². The summed E-state index contributed by atoms with van der Waals surface area (Å²) in [5, 5.41) is 0. The monoisotopic (exact) mass is 250 g/mol. The third kappa shape index (κ3) is 3.20. The molecular formula is C13H22N4O. The second-order valence-corrected chi connectivity index (χ2v) is 4.44. The van der Waals surface area contributed by atoms with Gasteiger partial charge in [0.05, 0.1) is 6.54 Å². The summed E-state index contributed by atoms with van der Waals surface area (Å²) in [6, 6.07) is 1.94. The van der Waals surface area contributed by atoms with Gasteiger partial charge in [0.2, 0.25) is 5.91 Å². The molecule has 0 aliphatic rings. The van der Waals surface area contributed by atoms with E-state index in [4.69, 9.17) is 5.73 Å². The van der Waals surface area contributed by atoms with Crippen molar-refractivity contribution in [3.63, 3.8) is 0 Å². The predicted octanol–water partition coefficient (Wildman–Crippen LogP) is 0.763. The Kier molecular flexibility index (Phi) is 5.09. The van der Waals surface area contributed by atoms with Crippen LogP contribution in [0.25, 0.3) is 0 Å². The highest BCUT2D eigenvalue weighted by molar-refractivity contribution is 5.81. The van der Waals surface area contributed by atoms with Gasteiger partial charge in [-0.2, -0.15) is 0 Å². The van der Waals surface area contributed by atoms with Gasteiger partial charge in [0.1, 0.15) is 5.82 Å². The van der Waals surface area contributed by atoms with Crippen molar-refractivity contribution in [3.8, 4) is 0 Å². The number of nitrogens with two attached hydrogens (primary N) is 1. The molecule has 1 aromatic heterocycles. The second kappa shape index (κ2) is 6.35. The molecule has 5 nitrogen and oxygen atoms in total. The molecule has 1 rings (SSSR count). The first-order chi connectivity index (χ1) is 8.51. The van der Waals surface area contributed by atoms with Crippen LogP contribution >= 0.6 is 0 Å². The quantitative estimate of drug-likeness (QED) is 0.838. The minimum atomic E-state index is 0.0585. The molecule has 18 heavy (non-hydrogen) atoms. The van der Waals surface area contributed by atoms with Crippen molar-refractivity contribution < 1.29 is 4.79 Å². The molecule has 100 valence electrons. The van der Waals surface area contributed by atoms with Crippen molar-refractivity contribution in [2.75, 3.05) is 32.1 Å². The lowest BCUT2D eigenvalue weighted by atomic mass is 10.1. The van der Waals surface area contributed by atoms with Gasteiger partial charge in [0, 0.05) is 38.9 Å². The fraction of sp³-hybridized carbons (Fsp3) is 0.538. The van der Waals surface area contributed by atoms with Gasteiger partial charge in [-0.05, 0) is 25.5 Å². The van der Waals surface area contributed by atoms with Crippen molar-refractivity contribution in [1.29, 1.82) is 0 Å². The Balaban J connectivity index is 3.02. The number of anilines is 1. The minimum Gasteiger partial charge on any atom is -0.347 e. The zero-order valence-electron chi connectivity index (χ0n) is 11.6. The van der Waals surface area contributed by atoms with Crippen molar-refractivity contribution in [2.45, 2.75) is 20.4 Å². The van der Waals surface area contributed by atoms with E-state index in [0.29, 0.717) is 13.1 Å². The lowest BCUT2D eigenvalue weighted by molar-refractivity contribution is -0.127. The molecule has 0 atom stereocenters. The number of carbonyl (C=O) groups is 1. The zero-order valence-corrected chi connectivity index (χ0v) is 11.6. The minimum absolute atomic E-state index is 0.0585. The van der Waals surface area contributed by atoms with Crippen molar-refractivity contribution >= 4 is 11.7 Å².